The molecule has 1 heterocycles. The fourth-order valence-corrected chi connectivity index (χ4v) is 3.75. The topological polar surface area (TPSA) is 59.8 Å². The highest BCUT2D eigenvalue weighted by Gasteiger charge is 2.17. The maximum absolute atomic E-state index is 11.7. The van der Waals surface area contributed by atoms with Crippen LogP contribution in [0.5, 0.6) is 0 Å². The van der Waals surface area contributed by atoms with Crippen molar-refractivity contribution in [3.05, 3.63) is 58.1 Å². The van der Waals surface area contributed by atoms with Gasteiger partial charge in [0.1, 0.15) is 0 Å². The van der Waals surface area contributed by atoms with Crippen molar-refractivity contribution >= 4 is 33.6 Å². The molecule has 0 saturated heterocycles. The highest BCUT2D eigenvalue weighted by atomic mass is 79.9. The van der Waals surface area contributed by atoms with Crippen LogP contribution >= 0.6 is 27.7 Å². The summed E-state index contributed by atoms with van der Waals surface area (Å²) in [7, 11) is 1.63. The highest BCUT2D eigenvalue weighted by Crippen LogP contribution is 2.29. The quantitative estimate of drug-likeness (QED) is 0.617. The summed E-state index contributed by atoms with van der Waals surface area (Å²) in [5, 5.41) is 12.1. The van der Waals surface area contributed by atoms with Crippen LogP contribution in [-0.2, 0) is 4.79 Å². The van der Waals surface area contributed by atoms with Gasteiger partial charge in [-0.15, -0.1) is 10.2 Å². The van der Waals surface area contributed by atoms with Crippen molar-refractivity contribution in [1.82, 2.24) is 20.1 Å². The number of aromatic nitrogens is 3. The first-order valence-corrected chi connectivity index (χ1v) is 9.89. The zero-order chi connectivity index (χ0) is 18.7. The van der Waals surface area contributed by atoms with Gasteiger partial charge in [0, 0.05) is 17.1 Å². The number of hydrogen-bond acceptors (Lipinski definition) is 4. The Labute approximate surface area is 165 Å². The molecule has 0 unspecified atom stereocenters. The number of nitrogens with one attached hydrogen (secondary N) is 1. The van der Waals surface area contributed by atoms with E-state index in [2.05, 4.69) is 63.5 Å². The predicted molar refractivity (Wildman–Crippen MR) is 109 cm³/mol. The molecule has 0 bridgehead atoms. The van der Waals surface area contributed by atoms with Gasteiger partial charge in [-0.2, -0.15) is 0 Å². The summed E-state index contributed by atoms with van der Waals surface area (Å²) in [6.45, 7) is 4.13. The lowest BCUT2D eigenvalue weighted by Gasteiger charge is -2.12. The molecule has 0 saturated carbocycles. The lowest BCUT2D eigenvalue weighted by atomic mass is 10.1. The van der Waals surface area contributed by atoms with Crippen molar-refractivity contribution in [1.29, 1.82) is 0 Å². The predicted octanol–water partition coefficient (Wildman–Crippen LogP) is 4.15. The van der Waals surface area contributed by atoms with Gasteiger partial charge in [-0.3, -0.25) is 9.36 Å². The summed E-state index contributed by atoms with van der Waals surface area (Å²) in [6, 6.07) is 14.3. The molecule has 0 fully saturated rings. The second-order valence-corrected chi connectivity index (χ2v) is 7.81. The van der Waals surface area contributed by atoms with Crippen molar-refractivity contribution in [2.75, 3.05) is 12.8 Å². The normalized spacial score (nSPS) is 10.8. The SMILES string of the molecule is CNC(=O)CSc1nnc(-c2ccc(Br)cc2)n1-c1cc(C)cc(C)c1. The van der Waals surface area contributed by atoms with Crippen molar-refractivity contribution in [2.45, 2.75) is 19.0 Å². The summed E-state index contributed by atoms with van der Waals surface area (Å²) in [4.78, 5) is 11.7. The molecule has 1 N–H and O–H groups in total. The molecule has 26 heavy (non-hydrogen) atoms. The number of carbonyl (C=O) groups excluding carboxylic acids is 1. The van der Waals surface area contributed by atoms with Crippen LogP contribution in [0.1, 0.15) is 11.1 Å². The number of rotatable bonds is 5. The summed E-state index contributed by atoms with van der Waals surface area (Å²) in [6.07, 6.45) is 0. The van der Waals surface area contributed by atoms with E-state index in [1.165, 1.54) is 11.8 Å². The lowest BCUT2D eigenvalue weighted by Crippen LogP contribution is -2.20. The van der Waals surface area contributed by atoms with E-state index in [4.69, 9.17) is 0 Å². The van der Waals surface area contributed by atoms with Gasteiger partial charge in [0.05, 0.1) is 11.4 Å². The maximum atomic E-state index is 11.7. The minimum absolute atomic E-state index is 0.0461. The smallest absolute Gasteiger partial charge is 0.230 e. The number of thioether (sulfide) groups is 1. The third-order valence-electron chi connectivity index (χ3n) is 3.81. The van der Waals surface area contributed by atoms with E-state index in [1.54, 1.807) is 7.05 Å². The molecule has 0 atom stereocenters. The van der Waals surface area contributed by atoms with Crippen LogP contribution in [0.2, 0.25) is 0 Å². The van der Waals surface area contributed by atoms with Crippen molar-refractivity contribution in [3.8, 4) is 17.1 Å². The molecular weight excluding hydrogens is 412 g/mol. The fourth-order valence-electron chi connectivity index (χ4n) is 2.66. The Morgan fingerprint density at radius 2 is 1.77 bits per heavy atom. The summed E-state index contributed by atoms with van der Waals surface area (Å²) in [5.41, 5.74) is 4.28. The van der Waals surface area contributed by atoms with E-state index in [9.17, 15) is 4.79 Å². The Hall–Kier alpha value is -2.12. The van der Waals surface area contributed by atoms with Gasteiger partial charge in [-0.25, -0.2) is 0 Å². The molecule has 5 nitrogen and oxygen atoms in total. The Morgan fingerprint density at radius 1 is 1.12 bits per heavy atom. The molecule has 1 amide bonds. The first kappa shape index (κ1) is 18.7. The first-order chi connectivity index (χ1) is 12.5. The molecule has 0 aliphatic heterocycles. The fraction of sp³-hybridized carbons (Fsp3) is 0.211. The van der Waals surface area contributed by atoms with Crippen LogP contribution in [0.25, 0.3) is 17.1 Å². The molecule has 134 valence electrons. The van der Waals surface area contributed by atoms with E-state index in [0.717, 1.165) is 32.7 Å². The monoisotopic (exact) mass is 430 g/mol. The van der Waals surface area contributed by atoms with E-state index < -0.39 is 0 Å². The summed E-state index contributed by atoms with van der Waals surface area (Å²) >= 11 is 4.84. The number of carbonyl (C=O) groups is 1. The number of amides is 1. The van der Waals surface area contributed by atoms with Gasteiger partial charge in [-0.05, 0) is 49.2 Å². The van der Waals surface area contributed by atoms with Crippen molar-refractivity contribution < 1.29 is 4.79 Å². The van der Waals surface area contributed by atoms with Crippen LogP contribution in [0.15, 0.2) is 52.1 Å². The molecular formula is C19H19BrN4OS. The van der Waals surface area contributed by atoms with Gasteiger partial charge >= 0.3 is 0 Å². The van der Waals surface area contributed by atoms with Crippen LogP contribution in [0, 0.1) is 13.8 Å². The molecule has 1 aromatic heterocycles. The van der Waals surface area contributed by atoms with E-state index in [-0.39, 0.29) is 5.91 Å². The second-order valence-electron chi connectivity index (χ2n) is 5.96. The number of aryl methyl sites for hydroxylation is 2. The first-order valence-electron chi connectivity index (χ1n) is 8.11. The van der Waals surface area contributed by atoms with E-state index in [0.29, 0.717) is 10.9 Å². The molecule has 0 radical (unpaired) electrons. The Morgan fingerprint density at radius 3 is 2.38 bits per heavy atom. The van der Waals surface area contributed by atoms with Gasteiger partial charge in [0.25, 0.3) is 0 Å². The molecule has 0 aliphatic rings. The zero-order valence-electron chi connectivity index (χ0n) is 14.8. The zero-order valence-corrected chi connectivity index (χ0v) is 17.2. The standard InChI is InChI=1S/C19H19BrN4OS/c1-12-8-13(2)10-16(9-12)24-18(14-4-6-15(20)7-5-14)22-23-19(24)26-11-17(25)21-3/h4-10H,11H2,1-3H3,(H,21,25). The number of benzene rings is 2. The molecule has 0 aliphatic carbocycles. The largest absolute Gasteiger partial charge is 0.358 e. The highest BCUT2D eigenvalue weighted by molar-refractivity contribution is 9.10. The minimum Gasteiger partial charge on any atom is -0.358 e. The lowest BCUT2D eigenvalue weighted by molar-refractivity contribution is -0.118. The van der Waals surface area contributed by atoms with Gasteiger partial charge in [0.2, 0.25) is 5.91 Å². The average molecular weight is 431 g/mol. The summed E-state index contributed by atoms with van der Waals surface area (Å²) in [5.74, 6) is 0.997. The Bertz CT molecular complexity index is 917. The molecule has 3 rings (SSSR count). The van der Waals surface area contributed by atoms with Crippen LogP contribution in [-0.4, -0.2) is 33.5 Å². The number of nitrogens with zero attached hydrogens (tertiary/aromatic N) is 3. The Kier molecular flexibility index (Phi) is 5.78. The molecule has 2 aromatic carbocycles. The van der Waals surface area contributed by atoms with Gasteiger partial charge in [-0.1, -0.05) is 45.9 Å². The summed E-state index contributed by atoms with van der Waals surface area (Å²) < 4.78 is 3.02. The Balaban J connectivity index is 2.11. The van der Waals surface area contributed by atoms with Crippen LogP contribution < -0.4 is 5.32 Å². The minimum atomic E-state index is -0.0461. The van der Waals surface area contributed by atoms with Crippen molar-refractivity contribution in [2.24, 2.45) is 0 Å². The molecule has 7 heteroatoms. The maximum Gasteiger partial charge on any atom is 0.230 e. The van der Waals surface area contributed by atoms with Gasteiger partial charge < -0.3 is 5.32 Å². The molecule has 0 spiro atoms. The van der Waals surface area contributed by atoms with Crippen LogP contribution in [0.4, 0.5) is 0 Å². The average Bonchev–Trinajstić information content (AvgIpc) is 3.03. The van der Waals surface area contributed by atoms with E-state index in [1.807, 2.05) is 28.8 Å². The van der Waals surface area contributed by atoms with Crippen LogP contribution in [0.3, 0.4) is 0 Å². The second kappa shape index (κ2) is 8.05. The molecule has 3 aromatic rings. The number of halogens is 1. The van der Waals surface area contributed by atoms with Gasteiger partial charge in [0.15, 0.2) is 11.0 Å². The van der Waals surface area contributed by atoms with E-state index >= 15 is 0 Å². The number of hydrogen-bond donors (Lipinski definition) is 1. The van der Waals surface area contributed by atoms with Crippen molar-refractivity contribution in [3.63, 3.8) is 0 Å². The third kappa shape index (κ3) is 4.16. The third-order valence-corrected chi connectivity index (χ3v) is 5.27.